The first-order chi connectivity index (χ1) is 9.29. The molecule has 0 saturated carbocycles. The summed E-state index contributed by atoms with van der Waals surface area (Å²) in [5.74, 6) is 0. The molecule has 0 radical (unpaired) electrons. The van der Waals surface area contributed by atoms with Crippen LogP contribution in [0, 0.1) is 0 Å². The second-order valence-corrected chi connectivity index (χ2v) is 6.88. The van der Waals surface area contributed by atoms with Gasteiger partial charge in [0.15, 0.2) is 0 Å². The third kappa shape index (κ3) is 4.04. The van der Waals surface area contributed by atoms with E-state index in [2.05, 4.69) is 5.32 Å². The highest BCUT2D eigenvalue weighted by Gasteiger charge is 2.36. The molecule has 6 nitrogen and oxygen atoms in total. The van der Waals surface area contributed by atoms with Crippen molar-refractivity contribution in [2.45, 2.75) is 6.18 Å². The fraction of sp³-hybridized carbons (Fsp3) is 1.00. The lowest BCUT2D eigenvalue weighted by Crippen LogP contribution is -2.57. The Kier molecular flexibility index (Phi) is 4.90. The zero-order valence-electron chi connectivity index (χ0n) is 11.1. The minimum atomic E-state index is -4.24. The van der Waals surface area contributed by atoms with Gasteiger partial charge in [-0.15, -0.1) is 0 Å². The van der Waals surface area contributed by atoms with Crippen LogP contribution in [0.25, 0.3) is 0 Å². The number of nitrogens with zero attached hydrogens (tertiary/aromatic N) is 3. The fourth-order valence-electron chi connectivity index (χ4n) is 2.41. The molecule has 0 aliphatic carbocycles. The van der Waals surface area contributed by atoms with Gasteiger partial charge in [0.2, 0.25) is 0 Å². The van der Waals surface area contributed by atoms with E-state index < -0.39 is 22.9 Å². The highest BCUT2D eigenvalue weighted by molar-refractivity contribution is 7.86. The molecule has 2 fully saturated rings. The number of nitrogens with one attached hydrogen (secondary N) is 1. The van der Waals surface area contributed by atoms with Gasteiger partial charge >= 0.3 is 6.18 Å². The van der Waals surface area contributed by atoms with Gasteiger partial charge in [0, 0.05) is 52.4 Å². The summed E-state index contributed by atoms with van der Waals surface area (Å²) in [4.78, 5) is 1.24. The van der Waals surface area contributed by atoms with E-state index >= 15 is 0 Å². The van der Waals surface area contributed by atoms with Gasteiger partial charge in [-0.2, -0.15) is 30.2 Å². The number of hydrogen-bond donors (Lipinski definition) is 1. The zero-order chi connectivity index (χ0) is 14.8. The maximum atomic E-state index is 12.3. The number of alkyl halides is 3. The summed E-state index contributed by atoms with van der Waals surface area (Å²) >= 11 is 0. The second kappa shape index (κ2) is 6.14. The van der Waals surface area contributed by atoms with E-state index in [-0.39, 0.29) is 26.2 Å². The number of piperazine rings is 2. The molecular formula is C10H19F3N4O2S. The van der Waals surface area contributed by atoms with Crippen molar-refractivity contribution in [2.24, 2.45) is 0 Å². The molecule has 0 bridgehead atoms. The molecular weight excluding hydrogens is 297 g/mol. The molecule has 2 heterocycles. The van der Waals surface area contributed by atoms with Gasteiger partial charge in [-0.25, -0.2) is 0 Å². The van der Waals surface area contributed by atoms with E-state index in [1.54, 1.807) is 0 Å². The van der Waals surface area contributed by atoms with Crippen LogP contribution in [0.4, 0.5) is 13.2 Å². The van der Waals surface area contributed by atoms with Crippen molar-refractivity contribution in [1.29, 1.82) is 0 Å². The highest BCUT2D eigenvalue weighted by atomic mass is 32.2. The molecule has 0 aromatic heterocycles. The Morgan fingerprint density at radius 3 is 1.90 bits per heavy atom. The number of rotatable bonds is 3. The smallest absolute Gasteiger partial charge is 0.314 e. The summed E-state index contributed by atoms with van der Waals surface area (Å²) in [7, 11) is -3.53. The van der Waals surface area contributed by atoms with E-state index in [0.29, 0.717) is 26.2 Å². The Bertz CT molecular complexity index is 415. The first-order valence-corrected chi connectivity index (χ1v) is 7.94. The molecule has 0 aromatic carbocycles. The van der Waals surface area contributed by atoms with Crippen molar-refractivity contribution in [2.75, 3.05) is 58.9 Å². The molecule has 2 saturated heterocycles. The third-order valence-corrected chi connectivity index (χ3v) is 5.50. The van der Waals surface area contributed by atoms with Crippen LogP contribution in [0.3, 0.4) is 0 Å². The highest BCUT2D eigenvalue weighted by Crippen LogP contribution is 2.19. The molecule has 118 valence electrons. The molecule has 2 aliphatic rings. The van der Waals surface area contributed by atoms with E-state index in [4.69, 9.17) is 0 Å². The predicted molar refractivity (Wildman–Crippen MR) is 67.4 cm³/mol. The van der Waals surface area contributed by atoms with Crippen LogP contribution in [0.5, 0.6) is 0 Å². The standard InChI is InChI=1S/C10H19F3N4O2S/c11-10(12,13)9-15-5-7-17(8-6-15)20(18,19)16-3-1-14-2-4-16/h14H,1-9H2. The minimum Gasteiger partial charge on any atom is -0.314 e. The third-order valence-electron chi connectivity index (χ3n) is 3.46. The molecule has 0 amide bonds. The van der Waals surface area contributed by atoms with Crippen LogP contribution in [0.2, 0.25) is 0 Å². The fourth-order valence-corrected chi connectivity index (χ4v) is 4.01. The Morgan fingerprint density at radius 2 is 1.40 bits per heavy atom. The van der Waals surface area contributed by atoms with Gasteiger partial charge in [0.25, 0.3) is 10.2 Å². The van der Waals surface area contributed by atoms with Crippen molar-refractivity contribution >= 4 is 10.2 Å². The molecule has 0 unspecified atom stereocenters. The summed E-state index contributed by atoms with van der Waals surface area (Å²) in [5.41, 5.74) is 0. The topological polar surface area (TPSA) is 55.9 Å². The van der Waals surface area contributed by atoms with E-state index in [9.17, 15) is 21.6 Å². The Labute approximate surface area is 116 Å². The van der Waals surface area contributed by atoms with Gasteiger partial charge in [-0.05, 0) is 0 Å². The number of halogens is 3. The molecule has 1 N–H and O–H groups in total. The van der Waals surface area contributed by atoms with Gasteiger partial charge in [0.05, 0.1) is 6.54 Å². The monoisotopic (exact) mass is 316 g/mol. The van der Waals surface area contributed by atoms with Gasteiger partial charge in [-0.3, -0.25) is 4.90 Å². The summed E-state index contributed by atoms with van der Waals surface area (Å²) < 4.78 is 64.1. The molecule has 0 aromatic rings. The van der Waals surface area contributed by atoms with Crippen molar-refractivity contribution in [3.63, 3.8) is 0 Å². The van der Waals surface area contributed by atoms with Crippen molar-refractivity contribution < 1.29 is 21.6 Å². The zero-order valence-corrected chi connectivity index (χ0v) is 11.9. The predicted octanol–water partition coefficient (Wildman–Crippen LogP) is -0.684. The maximum absolute atomic E-state index is 12.3. The van der Waals surface area contributed by atoms with Crippen molar-refractivity contribution in [1.82, 2.24) is 18.8 Å². The largest absolute Gasteiger partial charge is 0.401 e. The lowest BCUT2D eigenvalue weighted by Gasteiger charge is -2.37. The molecule has 0 spiro atoms. The lowest BCUT2D eigenvalue weighted by molar-refractivity contribution is -0.148. The Hall–Kier alpha value is -0.420. The van der Waals surface area contributed by atoms with E-state index in [1.807, 2.05) is 0 Å². The van der Waals surface area contributed by atoms with Crippen LogP contribution < -0.4 is 5.32 Å². The quantitative estimate of drug-likeness (QED) is 0.749. The molecule has 2 rings (SSSR count). The summed E-state index contributed by atoms with van der Waals surface area (Å²) in [6.07, 6.45) is -4.24. The average Bonchev–Trinajstić information content (AvgIpc) is 2.38. The van der Waals surface area contributed by atoms with Crippen LogP contribution >= 0.6 is 0 Å². The van der Waals surface area contributed by atoms with Crippen LogP contribution in [-0.4, -0.2) is 87.0 Å². The lowest BCUT2D eigenvalue weighted by atomic mass is 10.3. The summed E-state index contributed by atoms with van der Waals surface area (Å²) in [5, 5.41) is 3.06. The van der Waals surface area contributed by atoms with Gasteiger partial charge in [0.1, 0.15) is 0 Å². The van der Waals surface area contributed by atoms with Crippen molar-refractivity contribution in [3.8, 4) is 0 Å². The molecule has 0 atom stereocenters. The van der Waals surface area contributed by atoms with Crippen molar-refractivity contribution in [3.05, 3.63) is 0 Å². The molecule has 10 heteroatoms. The van der Waals surface area contributed by atoms with E-state index in [1.165, 1.54) is 13.5 Å². The Morgan fingerprint density at radius 1 is 0.900 bits per heavy atom. The number of hydrogen-bond acceptors (Lipinski definition) is 4. The van der Waals surface area contributed by atoms with Crippen LogP contribution in [0.1, 0.15) is 0 Å². The van der Waals surface area contributed by atoms with Gasteiger partial charge in [-0.1, -0.05) is 0 Å². The Balaban J connectivity index is 1.89. The van der Waals surface area contributed by atoms with Crippen LogP contribution in [-0.2, 0) is 10.2 Å². The SMILES string of the molecule is O=S(=O)(N1CCNCC1)N1CCN(CC(F)(F)F)CC1. The second-order valence-electron chi connectivity index (χ2n) is 4.95. The molecule has 2 aliphatic heterocycles. The van der Waals surface area contributed by atoms with Gasteiger partial charge < -0.3 is 5.32 Å². The first kappa shape index (κ1) is 16.0. The average molecular weight is 316 g/mol. The summed E-state index contributed by atoms with van der Waals surface area (Å²) in [6.45, 7) is 1.51. The summed E-state index contributed by atoms with van der Waals surface area (Å²) in [6, 6.07) is 0. The maximum Gasteiger partial charge on any atom is 0.401 e. The van der Waals surface area contributed by atoms with Crippen LogP contribution in [0.15, 0.2) is 0 Å². The normalized spacial score (nSPS) is 24.9. The molecule has 20 heavy (non-hydrogen) atoms. The first-order valence-electron chi connectivity index (χ1n) is 6.54. The minimum absolute atomic E-state index is 0.113. The van der Waals surface area contributed by atoms with E-state index in [0.717, 1.165) is 0 Å².